The van der Waals surface area contributed by atoms with E-state index < -0.39 is 11.8 Å². The van der Waals surface area contributed by atoms with Gasteiger partial charge in [-0.05, 0) is 48.0 Å². The molecule has 0 aromatic heterocycles. The molecule has 0 saturated carbocycles. The first kappa shape index (κ1) is 20.9. The maximum absolute atomic E-state index is 13.5. The van der Waals surface area contributed by atoms with Crippen LogP contribution in [0.1, 0.15) is 5.56 Å². The standard InChI is InChI=1S/C25H19ClN2O5/c1-31-19-8-5-15(6-9-19)22-23(27-17-7-10-20-21(14-17)33-12-11-32-20)25(30)28(24(22)29)18-4-2-3-16(26)13-18/h2-10,13-14,27H,11-12H2,1H3. The second kappa shape index (κ2) is 8.52. The summed E-state index contributed by atoms with van der Waals surface area (Å²) in [5, 5.41) is 3.55. The fourth-order valence-corrected chi connectivity index (χ4v) is 3.97. The summed E-state index contributed by atoms with van der Waals surface area (Å²) >= 11 is 6.12. The molecule has 3 aromatic rings. The molecule has 0 aliphatic carbocycles. The van der Waals surface area contributed by atoms with Gasteiger partial charge in [0.15, 0.2) is 11.5 Å². The summed E-state index contributed by atoms with van der Waals surface area (Å²) in [6.07, 6.45) is 0. The largest absolute Gasteiger partial charge is 0.497 e. The summed E-state index contributed by atoms with van der Waals surface area (Å²) in [6.45, 7) is 0.921. The number of halogens is 1. The molecule has 7 nitrogen and oxygen atoms in total. The number of imide groups is 1. The number of anilines is 2. The Bertz CT molecular complexity index is 1290. The van der Waals surface area contributed by atoms with Crippen LogP contribution in [0, 0.1) is 0 Å². The second-order valence-electron chi connectivity index (χ2n) is 7.39. The zero-order valence-corrected chi connectivity index (χ0v) is 18.4. The van der Waals surface area contributed by atoms with Gasteiger partial charge in [0.05, 0.1) is 18.4 Å². The number of fused-ring (bicyclic) bond motifs is 1. The zero-order chi connectivity index (χ0) is 22.9. The van der Waals surface area contributed by atoms with Crippen LogP contribution in [0.15, 0.2) is 72.4 Å². The van der Waals surface area contributed by atoms with Crippen molar-refractivity contribution in [3.8, 4) is 17.2 Å². The minimum absolute atomic E-state index is 0.154. The fourth-order valence-electron chi connectivity index (χ4n) is 3.79. The highest BCUT2D eigenvalue weighted by atomic mass is 35.5. The topological polar surface area (TPSA) is 77.1 Å². The van der Waals surface area contributed by atoms with Gasteiger partial charge in [0.2, 0.25) is 0 Å². The quantitative estimate of drug-likeness (QED) is 0.562. The number of hydrogen-bond donors (Lipinski definition) is 1. The first-order valence-electron chi connectivity index (χ1n) is 10.2. The van der Waals surface area contributed by atoms with Crippen molar-refractivity contribution in [3.05, 3.63) is 83.0 Å². The van der Waals surface area contributed by atoms with Crippen LogP contribution < -0.4 is 24.4 Å². The van der Waals surface area contributed by atoms with Crippen LogP contribution in [0.5, 0.6) is 17.2 Å². The van der Waals surface area contributed by atoms with E-state index in [-0.39, 0.29) is 11.3 Å². The Balaban J connectivity index is 1.58. The third kappa shape index (κ3) is 3.87. The number of methoxy groups -OCH3 is 1. The van der Waals surface area contributed by atoms with E-state index in [0.29, 0.717) is 52.4 Å². The van der Waals surface area contributed by atoms with Crippen molar-refractivity contribution in [2.75, 3.05) is 30.5 Å². The molecule has 2 amide bonds. The number of rotatable bonds is 5. The van der Waals surface area contributed by atoms with Crippen LogP contribution in [0.3, 0.4) is 0 Å². The van der Waals surface area contributed by atoms with Gasteiger partial charge in [-0.2, -0.15) is 0 Å². The Morgan fingerprint density at radius 1 is 0.909 bits per heavy atom. The minimum Gasteiger partial charge on any atom is -0.497 e. The van der Waals surface area contributed by atoms with Crippen LogP contribution in [0.25, 0.3) is 5.57 Å². The average molecular weight is 463 g/mol. The lowest BCUT2D eigenvalue weighted by molar-refractivity contribution is -0.120. The molecule has 0 fully saturated rings. The number of nitrogens with zero attached hydrogens (tertiary/aromatic N) is 1. The monoisotopic (exact) mass is 462 g/mol. The van der Waals surface area contributed by atoms with E-state index in [2.05, 4.69) is 5.32 Å². The van der Waals surface area contributed by atoms with Crippen LogP contribution in [-0.2, 0) is 9.59 Å². The van der Waals surface area contributed by atoms with Crippen LogP contribution in [0.2, 0.25) is 5.02 Å². The average Bonchev–Trinajstić information content (AvgIpc) is 3.08. The maximum Gasteiger partial charge on any atom is 0.282 e. The van der Waals surface area contributed by atoms with Gasteiger partial charge in [-0.1, -0.05) is 29.8 Å². The molecular formula is C25H19ClN2O5. The van der Waals surface area contributed by atoms with Crippen molar-refractivity contribution in [1.82, 2.24) is 0 Å². The van der Waals surface area contributed by atoms with Crippen molar-refractivity contribution in [2.45, 2.75) is 0 Å². The van der Waals surface area contributed by atoms with Crippen molar-refractivity contribution < 1.29 is 23.8 Å². The summed E-state index contributed by atoms with van der Waals surface area (Å²) in [4.78, 5) is 28.1. The second-order valence-corrected chi connectivity index (χ2v) is 7.82. The normalized spacial score (nSPS) is 15.2. The van der Waals surface area contributed by atoms with E-state index in [9.17, 15) is 9.59 Å². The summed E-state index contributed by atoms with van der Waals surface area (Å²) in [6, 6.07) is 18.9. The van der Waals surface area contributed by atoms with Crippen LogP contribution in [0.4, 0.5) is 11.4 Å². The van der Waals surface area contributed by atoms with Gasteiger partial charge in [-0.3, -0.25) is 9.59 Å². The molecule has 0 unspecified atom stereocenters. The number of carbonyl (C=O) groups excluding carboxylic acids is 2. The molecule has 2 aliphatic heterocycles. The van der Waals surface area contributed by atoms with Gasteiger partial charge in [0, 0.05) is 16.8 Å². The molecule has 166 valence electrons. The van der Waals surface area contributed by atoms with E-state index in [0.717, 1.165) is 4.90 Å². The Morgan fingerprint density at radius 3 is 2.39 bits per heavy atom. The molecule has 3 aromatic carbocycles. The molecule has 0 radical (unpaired) electrons. The molecule has 0 atom stereocenters. The van der Waals surface area contributed by atoms with E-state index in [1.54, 1.807) is 73.8 Å². The highest BCUT2D eigenvalue weighted by Gasteiger charge is 2.40. The van der Waals surface area contributed by atoms with Gasteiger partial charge in [0.25, 0.3) is 11.8 Å². The van der Waals surface area contributed by atoms with Crippen molar-refractivity contribution in [3.63, 3.8) is 0 Å². The third-order valence-corrected chi connectivity index (χ3v) is 5.58. The molecule has 5 rings (SSSR count). The van der Waals surface area contributed by atoms with Gasteiger partial charge in [0.1, 0.15) is 24.7 Å². The summed E-state index contributed by atoms with van der Waals surface area (Å²) < 4.78 is 16.4. The van der Waals surface area contributed by atoms with E-state index >= 15 is 0 Å². The molecule has 8 heteroatoms. The lowest BCUT2D eigenvalue weighted by atomic mass is 10.0. The summed E-state index contributed by atoms with van der Waals surface area (Å²) in [5.41, 5.74) is 1.97. The number of carbonyl (C=O) groups is 2. The third-order valence-electron chi connectivity index (χ3n) is 5.34. The lowest BCUT2D eigenvalue weighted by Crippen LogP contribution is -2.32. The Labute approximate surface area is 195 Å². The molecule has 2 aliphatic rings. The zero-order valence-electron chi connectivity index (χ0n) is 17.6. The lowest BCUT2D eigenvalue weighted by Gasteiger charge is -2.19. The van der Waals surface area contributed by atoms with E-state index in [1.807, 2.05) is 0 Å². The molecule has 0 spiro atoms. The Hall–Kier alpha value is -3.97. The maximum atomic E-state index is 13.5. The fraction of sp³-hybridized carbons (Fsp3) is 0.120. The summed E-state index contributed by atoms with van der Waals surface area (Å²) in [5.74, 6) is 0.909. The minimum atomic E-state index is -0.483. The van der Waals surface area contributed by atoms with E-state index in [4.69, 9.17) is 25.8 Å². The highest BCUT2D eigenvalue weighted by molar-refractivity contribution is 6.46. The number of amides is 2. The van der Waals surface area contributed by atoms with Crippen molar-refractivity contribution in [2.24, 2.45) is 0 Å². The van der Waals surface area contributed by atoms with Crippen molar-refractivity contribution >= 4 is 40.4 Å². The molecular weight excluding hydrogens is 444 g/mol. The number of hydrogen-bond acceptors (Lipinski definition) is 6. The Morgan fingerprint density at radius 2 is 1.67 bits per heavy atom. The predicted octanol–water partition coefficient (Wildman–Crippen LogP) is 4.52. The van der Waals surface area contributed by atoms with Gasteiger partial charge < -0.3 is 19.5 Å². The van der Waals surface area contributed by atoms with Gasteiger partial charge >= 0.3 is 0 Å². The van der Waals surface area contributed by atoms with E-state index in [1.165, 1.54) is 0 Å². The summed E-state index contributed by atoms with van der Waals surface area (Å²) in [7, 11) is 1.56. The highest BCUT2D eigenvalue weighted by Crippen LogP contribution is 2.37. The first-order chi connectivity index (χ1) is 16.0. The van der Waals surface area contributed by atoms with Crippen LogP contribution in [-0.4, -0.2) is 32.1 Å². The van der Waals surface area contributed by atoms with Gasteiger partial charge in [-0.25, -0.2) is 4.90 Å². The molecule has 1 N–H and O–H groups in total. The molecule has 2 heterocycles. The van der Waals surface area contributed by atoms with Crippen molar-refractivity contribution in [1.29, 1.82) is 0 Å². The molecule has 0 bridgehead atoms. The van der Waals surface area contributed by atoms with Gasteiger partial charge in [-0.15, -0.1) is 0 Å². The number of nitrogens with one attached hydrogen (secondary N) is 1. The smallest absolute Gasteiger partial charge is 0.282 e. The SMILES string of the molecule is COc1ccc(C2=C(Nc3ccc4c(c3)OCCO4)C(=O)N(c3cccc(Cl)c3)C2=O)cc1. The number of ether oxygens (including phenoxy) is 3. The number of benzene rings is 3. The Kier molecular flexibility index (Phi) is 5.40. The van der Waals surface area contributed by atoms with Crippen LogP contribution >= 0.6 is 11.6 Å². The molecule has 33 heavy (non-hydrogen) atoms. The molecule has 0 saturated heterocycles. The predicted molar refractivity (Wildman–Crippen MR) is 125 cm³/mol. The first-order valence-corrected chi connectivity index (χ1v) is 10.6.